The van der Waals surface area contributed by atoms with E-state index in [0.29, 0.717) is 37.0 Å². The van der Waals surface area contributed by atoms with Crippen molar-refractivity contribution in [1.82, 2.24) is 14.3 Å². The SMILES string of the molecule is CN(C1CCOCC1)S(=O)(=O)c1ccc2[nH]c(=O)c3[nH]cc(C(=O)O)c3c2c1. The van der Waals surface area contributed by atoms with Crippen LogP contribution in [0.15, 0.2) is 34.1 Å². The highest BCUT2D eigenvalue weighted by molar-refractivity contribution is 7.89. The standard InChI is InChI=1S/C18H19N3O6S/c1-21(10-4-6-27-7-5-10)28(25,26)11-2-3-14-12(8-11)15-13(18(23)24)9-19-16(15)17(22)20-14/h2-3,8-10,19H,4-7H2,1H3,(H,20,22)(H,23,24). The smallest absolute Gasteiger partial charge is 0.337 e. The fourth-order valence-electron chi connectivity index (χ4n) is 3.65. The molecule has 28 heavy (non-hydrogen) atoms. The first kappa shape index (κ1) is 18.7. The summed E-state index contributed by atoms with van der Waals surface area (Å²) in [4.78, 5) is 29.1. The number of sulfonamides is 1. The highest BCUT2D eigenvalue weighted by Gasteiger charge is 2.30. The topological polar surface area (TPSA) is 133 Å². The molecule has 2 aromatic heterocycles. The van der Waals surface area contributed by atoms with Crippen LogP contribution in [0.1, 0.15) is 23.2 Å². The van der Waals surface area contributed by atoms with Crippen molar-refractivity contribution in [2.75, 3.05) is 20.3 Å². The number of hydrogen-bond acceptors (Lipinski definition) is 5. The van der Waals surface area contributed by atoms with E-state index in [9.17, 15) is 23.1 Å². The number of rotatable bonds is 4. The van der Waals surface area contributed by atoms with Crippen LogP contribution in [0, 0.1) is 0 Å². The number of aromatic nitrogens is 2. The zero-order valence-corrected chi connectivity index (χ0v) is 15.9. The van der Waals surface area contributed by atoms with E-state index in [4.69, 9.17) is 4.74 Å². The van der Waals surface area contributed by atoms with Crippen molar-refractivity contribution in [3.8, 4) is 0 Å². The summed E-state index contributed by atoms with van der Waals surface area (Å²) in [5.74, 6) is -1.20. The minimum Gasteiger partial charge on any atom is -0.478 e. The zero-order valence-electron chi connectivity index (χ0n) is 15.1. The Morgan fingerprint density at radius 2 is 2.00 bits per heavy atom. The Morgan fingerprint density at radius 1 is 1.29 bits per heavy atom. The van der Waals surface area contributed by atoms with Crippen LogP contribution in [0.4, 0.5) is 0 Å². The van der Waals surface area contributed by atoms with E-state index in [1.54, 1.807) is 0 Å². The number of carbonyl (C=O) groups is 1. The summed E-state index contributed by atoms with van der Waals surface area (Å²) in [6.45, 7) is 1.02. The minimum absolute atomic E-state index is 0.0416. The van der Waals surface area contributed by atoms with E-state index in [2.05, 4.69) is 9.97 Å². The van der Waals surface area contributed by atoms with Crippen LogP contribution in [-0.2, 0) is 14.8 Å². The van der Waals surface area contributed by atoms with Gasteiger partial charge in [0.2, 0.25) is 10.0 Å². The summed E-state index contributed by atoms with van der Waals surface area (Å²) >= 11 is 0. The molecule has 9 nitrogen and oxygen atoms in total. The van der Waals surface area contributed by atoms with E-state index in [0.717, 1.165) is 0 Å². The summed E-state index contributed by atoms with van der Waals surface area (Å²) in [5, 5.41) is 9.99. The molecule has 1 aliphatic heterocycles. The monoisotopic (exact) mass is 405 g/mol. The van der Waals surface area contributed by atoms with Crippen LogP contribution in [-0.4, -0.2) is 60.1 Å². The number of aromatic carboxylic acids is 1. The maximum atomic E-state index is 13.1. The molecule has 0 bridgehead atoms. The van der Waals surface area contributed by atoms with Crippen molar-refractivity contribution < 1.29 is 23.1 Å². The van der Waals surface area contributed by atoms with Gasteiger partial charge in [0, 0.05) is 48.8 Å². The Hall–Kier alpha value is -2.69. The molecule has 0 atom stereocenters. The van der Waals surface area contributed by atoms with E-state index in [1.807, 2.05) is 0 Å². The predicted octanol–water partition coefficient (Wildman–Crippen LogP) is 1.51. The van der Waals surface area contributed by atoms with Gasteiger partial charge >= 0.3 is 5.97 Å². The lowest BCUT2D eigenvalue weighted by Gasteiger charge is -2.30. The van der Waals surface area contributed by atoms with E-state index in [1.165, 1.54) is 35.7 Å². The number of nitrogens with one attached hydrogen (secondary N) is 2. The van der Waals surface area contributed by atoms with Gasteiger partial charge in [0.15, 0.2) is 0 Å². The van der Waals surface area contributed by atoms with Crippen molar-refractivity contribution in [3.05, 3.63) is 40.3 Å². The third-order valence-corrected chi connectivity index (χ3v) is 7.13. The molecule has 0 amide bonds. The largest absolute Gasteiger partial charge is 0.478 e. The number of aromatic amines is 2. The molecule has 0 saturated carbocycles. The van der Waals surface area contributed by atoms with Crippen molar-refractivity contribution in [1.29, 1.82) is 0 Å². The molecule has 3 aromatic rings. The van der Waals surface area contributed by atoms with Crippen LogP contribution in [0.2, 0.25) is 0 Å². The number of nitrogens with zero attached hydrogens (tertiary/aromatic N) is 1. The van der Waals surface area contributed by atoms with Crippen molar-refractivity contribution in [3.63, 3.8) is 0 Å². The molecule has 10 heteroatoms. The second kappa shape index (κ2) is 6.73. The third-order valence-electron chi connectivity index (χ3n) is 5.23. The summed E-state index contributed by atoms with van der Waals surface area (Å²) in [7, 11) is -2.26. The van der Waals surface area contributed by atoms with Crippen LogP contribution >= 0.6 is 0 Å². The summed E-state index contributed by atoms with van der Waals surface area (Å²) in [6, 6.07) is 4.16. The Balaban J connectivity index is 1.90. The third kappa shape index (κ3) is 2.89. The molecule has 0 radical (unpaired) electrons. The first-order valence-corrected chi connectivity index (χ1v) is 10.2. The van der Waals surface area contributed by atoms with Gasteiger partial charge in [-0.05, 0) is 31.0 Å². The molecule has 1 aliphatic rings. The Labute approximate surface area is 160 Å². The molecule has 3 heterocycles. The van der Waals surface area contributed by atoms with Gasteiger partial charge in [0.25, 0.3) is 5.56 Å². The van der Waals surface area contributed by atoms with E-state index >= 15 is 0 Å². The average Bonchev–Trinajstić information content (AvgIpc) is 3.14. The lowest BCUT2D eigenvalue weighted by molar-refractivity contribution is 0.0632. The molecular formula is C18H19N3O6S. The second-order valence-electron chi connectivity index (χ2n) is 6.78. The highest BCUT2D eigenvalue weighted by Crippen LogP contribution is 2.29. The van der Waals surface area contributed by atoms with Crippen LogP contribution in [0.5, 0.6) is 0 Å². The lowest BCUT2D eigenvalue weighted by atomic mass is 10.1. The highest BCUT2D eigenvalue weighted by atomic mass is 32.2. The number of H-pyrrole nitrogens is 2. The van der Waals surface area contributed by atoms with Gasteiger partial charge in [-0.3, -0.25) is 4.79 Å². The number of pyridine rings is 1. The number of benzene rings is 1. The van der Waals surface area contributed by atoms with Gasteiger partial charge in [0.05, 0.1) is 10.5 Å². The van der Waals surface area contributed by atoms with Crippen LogP contribution < -0.4 is 5.56 Å². The van der Waals surface area contributed by atoms with Gasteiger partial charge < -0.3 is 19.8 Å². The Kier molecular flexibility index (Phi) is 4.48. The number of carboxylic acid groups (broad SMARTS) is 1. The minimum atomic E-state index is -3.80. The summed E-state index contributed by atoms with van der Waals surface area (Å²) in [6.07, 6.45) is 2.46. The quantitative estimate of drug-likeness (QED) is 0.603. The molecule has 4 rings (SSSR count). The average molecular weight is 405 g/mol. The molecule has 3 N–H and O–H groups in total. The molecule has 148 valence electrons. The first-order chi connectivity index (χ1) is 13.3. The Morgan fingerprint density at radius 3 is 2.68 bits per heavy atom. The van der Waals surface area contributed by atoms with Gasteiger partial charge in [-0.2, -0.15) is 4.31 Å². The van der Waals surface area contributed by atoms with Gasteiger partial charge in [-0.25, -0.2) is 13.2 Å². The number of ether oxygens (including phenoxy) is 1. The van der Waals surface area contributed by atoms with Crippen molar-refractivity contribution in [2.45, 2.75) is 23.8 Å². The molecule has 1 fully saturated rings. The maximum Gasteiger partial charge on any atom is 0.337 e. The van der Waals surface area contributed by atoms with E-state index < -0.39 is 21.6 Å². The molecule has 1 saturated heterocycles. The second-order valence-corrected chi connectivity index (χ2v) is 8.78. The first-order valence-electron chi connectivity index (χ1n) is 8.77. The fourth-order valence-corrected chi connectivity index (χ4v) is 5.09. The van der Waals surface area contributed by atoms with Crippen LogP contribution in [0.3, 0.4) is 0 Å². The molecule has 0 spiro atoms. The van der Waals surface area contributed by atoms with Crippen molar-refractivity contribution in [2.24, 2.45) is 0 Å². The summed E-state index contributed by atoms with van der Waals surface area (Å²) in [5.41, 5.74) is -0.0899. The van der Waals surface area contributed by atoms with Gasteiger partial charge in [-0.15, -0.1) is 0 Å². The number of hydrogen-bond donors (Lipinski definition) is 3. The van der Waals surface area contributed by atoms with Crippen molar-refractivity contribution >= 4 is 37.8 Å². The summed E-state index contributed by atoms with van der Waals surface area (Å²) < 4.78 is 32.9. The van der Waals surface area contributed by atoms with Gasteiger partial charge in [0.1, 0.15) is 5.52 Å². The van der Waals surface area contributed by atoms with E-state index in [-0.39, 0.29) is 27.4 Å². The molecular weight excluding hydrogens is 386 g/mol. The number of carboxylic acids is 1. The van der Waals surface area contributed by atoms with Crippen LogP contribution in [0.25, 0.3) is 21.8 Å². The molecule has 1 aromatic carbocycles. The fraction of sp³-hybridized carbons (Fsp3) is 0.333. The Bertz CT molecular complexity index is 1240. The lowest BCUT2D eigenvalue weighted by Crippen LogP contribution is -2.40. The molecule has 0 aliphatic carbocycles. The maximum absolute atomic E-state index is 13.1. The number of fused-ring (bicyclic) bond motifs is 3. The predicted molar refractivity (Wildman–Crippen MR) is 102 cm³/mol. The zero-order chi connectivity index (χ0) is 20.1. The normalized spacial score (nSPS) is 16.2. The molecule has 0 unspecified atom stereocenters. The van der Waals surface area contributed by atoms with Gasteiger partial charge in [-0.1, -0.05) is 0 Å².